The molecule has 2 heterocycles. The van der Waals surface area contributed by atoms with E-state index in [-0.39, 0.29) is 33.5 Å². The van der Waals surface area contributed by atoms with Crippen molar-refractivity contribution >= 4 is 34.3 Å². The molecule has 3 rings (SSSR count). The van der Waals surface area contributed by atoms with E-state index in [0.29, 0.717) is 17.0 Å². The van der Waals surface area contributed by atoms with Gasteiger partial charge in [-0.2, -0.15) is 0 Å². The van der Waals surface area contributed by atoms with Gasteiger partial charge in [-0.05, 0) is 62.1 Å². The van der Waals surface area contributed by atoms with Gasteiger partial charge in [0, 0.05) is 29.4 Å². The van der Waals surface area contributed by atoms with Crippen molar-refractivity contribution < 1.29 is 28.3 Å². The van der Waals surface area contributed by atoms with Crippen molar-refractivity contribution in [2.75, 3.05) is 6.26 Å². The minimum atomic E-state index is -3.10. The van der Waals surface area contributed by atoms with Crippen LogP contribution in [-0.2, 0) is 23.2 Å². The summed E-state index contributed by atoms with van der Waals surface area (Å²) in [6.45, 7) is 4.98. The number of halogens is 3. The highest BCUT2D eigenvalue weighted by atomic mass is 35.5. The van der Waals surface area contributed by atoms with E-state index in [9.17, 15) is 24.3 Å². The predicted octanol–water partition coefficient (Wildman–Crippen LogP) is 4.31. The molecule has 1 aromatic carbocycles. The number of aryl methyl sites for hydroxylation is 1. The molecule has 2 aromatic heterocycles. The van der Waals surface area contributed by atoms with E-state index in [1.54, 1.807) is 32.9 Å². The summed E-state index contributed by atoms with van der Waals surface area (Å²) in [6.07, 6.45) is 5.18. The van der Waals surface area contributed by atoms with Gasteiger partial charge >= 0.3 is 5.97 Å². The van der Waals surface area contributed by atoms with Crippen molar-refractivity contribution in [2.45, 2.75) is 44.0 Å². The van der Waals surface area contributed by atoms with E-state index < -0.39 is 39.7 Å². The molecule has 0 aliphatic heterocycles. The Balaban J connectivity index is 2.04. The highest BCUT2D eigenvalue weighted by molar-refractivity contribution is 7.84. The van der Waals surface area contributed by atoms with Gasteiger partial charge in [0.25, 0.3) is 5.56 Å². The fraction of sp³-hybridized carbons (Fsp3) is 0.250. The average molecular weight is 592 g/mol. The van der Waals surface area contributed by atoms with Crippen molar-refractivity contribution in [3.05, 3.63) is 110 Å². The standard InChI is InChI=1S/C28H28ClF2N3O5S/c1-5-12-32-26(19-9-7-10-22(25(19)31)40(4)39)21(30)15-34-17(3)14-20(24(29)27(34)35)16(2)13-18-8-6-11-23(33-18)28(36,37)38/h5-12,14-16,36-38H,13H2,1-4H3/b12-5+,21-15-,32-26+. The zero-order valence-electron chi connectivity index (χ0n) is 22.1. The number of hydrogen-bond acceptors (Lipinski definition) is 7. The van der Waals surface area contributed by atoms with Crippen LogP contribution in [0.5, 0.6) is 0 Å². The fourth-order valence-corrected chi connectivity index (χ4v) is 4.93. The molecule has 2 unspecified atom stereocenters. The second kappa shape index (κ2) is 12.9. The highest BCUT2D eigenvalue weighted by Gasteiger charge is 2.25. The van der Waals surface area contributed by atoms with E-state index >= 15 is 8.78 Å². The molecule has 0 spiro atoms. The number of rotatable bonds is 9. The lowest BCUT2D eigenvalue weighted by molar-refractivity contribution is -0.326. The van der Waals surface area contributed by atoms with Crippen LogP contribution in [0.15, 0.2) is 75.2 Å². The third-order valence-electron chi connectivity index (χ3n) is 5.95. The van der Waals surface area contributed by atoms with Crippen LogP contribution in [0.4, 0.5) is 8.78 Å². The molecule has 0 bridgehead atoms. The van der Waals surface area contributed by atoms with Crippen LogP contribution in [0.1, 0.15) is 48.0 Å². The van der Waals surface area contributed by atoms with Crippen LogP contribution < -0.4 is 5.56 Å². The molecule has 0 saturated heterocycles. The van der Waals surface area contributed by atoms with Crippen LogP contribution in [0.2, 0.25) is 5.02 Å². The van der Waals surface area contributed by atoms with Gasteiger partial charge < -0.3 is 15.3 Å². The maximum Gasteiger partial charge on any atom is 0.322 e. The molecule has 0 amide bonds. The van der Waals surface area contributed by atoms with E-state index in [1.165, 1.54) is 48.9 Å². The average Bonchev–Trinajstić information content (AvgIpc) is 2.89. The molecule has 0 fully saturated rings. The second-order valence-corrected chi connectivity index (χ2v) is 10.7. The molecule has 0 saturated carbocycles. The lowest BCUT2D eigenvalue weighted by Gasteiger charge is -2.18. The number of pyridine rings is 2. The Labute approximate surface area is 237 Å². The SMILES string of the molecule is C/C=C/N=C(/C(F)=C/n1c(C)cc(C(C)Cc2cccc(C(O)(O)O)n2)c(Cl)c1=O)c1cccc(S(C)=O)c1F. The first-order valence-electron chi connectivity index (χ1n) is 12.0. The number of aliphatic hydroxyl groups is 3. The lowest BCUT2D eigenvalue weighted by atomic mass is 9.95. The number of allylic oxidation sites excluding steroid dienone is 2. The zero-order valence-corrected chi connectivity index (χ0v) is 23.7. The van der Waals surface area contributed by atoms with Gasteiger partial charge in [-0.25, -0.2) is 13.8 Å². The first-order chi connectivity index (χ1) is 18.8. The van der Waals surface area contributed by atoms with E-state index in [0.717, 1.165) is 10.8 Å². The summed E-state index contributed by atoms with van der Waals surface area (Å²) < 4.78 is 43.6. The molecule has 0 aliphatic carbocycles. The first-order valence-corrected chi connectivity index (χ1v) is 13.9. The van der Waals surface area contributed by atoms with E-state index in [2.05, 4.69) is 9.98 Å². The summed E-state index contributed by atoms with van der Waals surface area (Å²) in [4.78, 5) is 21.1. The van der Waals surface area contributed by atoms with Crippen LogP contribution in [0.25, 0.3) is 6.20 Å². The van der Waals surface area contributed by atoms with Crippen molar-refractivity contribution in [2.24, 2.45) is 4.99 Å². The molecule has 0 aliphatic rings. The van der Waals surface area contributed by atoms with Crippen molar-refractivity contribution in [1.82, 2.24) is 9.55 Å². The van der Waals surface area contributed by atoms with Gasteiger partial charge in [-0.15, -0.1) is 0 Å². The van der Waals surface area contributed by atoms with Crippen LogP contribution in [-0.4, -0.2) is 41.0 Å². The van der Waals surface area contributed by atoms with Crippen LogP contribution in [0, 0.1) is 12.7 Å². The van der Waals surface area contributed by atoms with Crippen molar-refractivity contribution in [3.63, 3.8) is 0 Å². The first kappa shape index (κ1) is 31.2. The normalized spacial score (nSPS) is 14.6. The Morgan fingerprint density at radius 1 is 1.25 bits per heavy atom. The summed E-state index contributed by atoms with van der Waals surface area (Å²) >= 11 is 6.42. The van der Waals surface area contributed by atoms with E-state index in [4.69, 9.17) is 11.6 Å². The van der Waals surface area contributed by atoms with Crippen LogP contribution >= 0.6 is 11.6 Å². The molecule has 0 radical (unpaired) electrons. The smallest absolute Gasteiger partial charge is 0.322 e. The highest BCUT2D eigenvalue weighted by Crippen LogP contribution is 2.27. The third-order valence-corrected chi connectivity index (χ3v) is 7.27. The van der Waals surface area contributed by atoms with Crippen LogP contribution in [0.3, 0.4) is 0 Å². The fourth-order valence-electron chi connectivity index (χ4n) is 3.97. The van der Waals surface area contributed by atoms with Gasteiger partial charge in [-0.1, -0.05) is 36.7 Å². The molecule has 212 valence electrons. The quantitative estimate of drug-likeness (QED) is 0.252. The summed E-state index contributed by atoms with van der Waals surface area (Å²) in [5.74, 6) is -5.40. The predicted molar refractivity (Wildman–Crippen MR) is 151 cm³/mol. The molecule has 3 aromatic rings. The lowest BCUT2D eigenvalue weighted by Crippen LogP contribution is -2.26. The molecule has 3 N–H and O–H groups in total. The monoisotopic (exact) mass is 591 g/mol. The summed E-state index contributed by atoms with van der Waals surface area (Å²) in [5, 5.41) is 28.0. The number of nitrogens with zero attached hydrogens (tertiary/aromatic N) is 3. The van der Waals surface area contributed by atoms with Gasteiger partial charge in [0.05, 0.1) is 21.9 Å². The summed E-state index contributed by atoms with van der Waals surface area (Å²) in [7, 11) is -1.67. The molecule has 40 heavy (non-hydrogen) atoms. The summed E-state index contributed by atoms with van der Waals surface area (Å²) in [6, 6.07) is 10.0. The minimum absolute atomic E-state index is 0.115. The Bertz CT molecular complexity index is 1600. The van der Waals surface area contributed by atoms with Gasteiger partial charge in [-0.3, -0.25) is 18.6 Å². The second-order valence-electron chi connectivity index (χ2n) is 8.99. The van der Waals surface area contributed by atoms with Crippen molar-refractivity contribution in [1.29, 1.82) is 0 Å². The molecular weight excluding hydrogens is 564 g/mol. The number of benzene rings is 1. The largest absolute Gasteiger partial charge is 0.338 e. The topological polar surface area (TPSA) is 125 Å². The maximum atomic E-state index is 15.6. The number of aliphatic imine (C=N–C) groups is 1. The third kappa shape index (κ3) is 7.04. The Kier molecular flexibility index (Phi) is 10.0. The van der Waals surface area contributed by atoms with Gasteiger partial charge in [0.2, 0.25) is 0 Å². The van der Waals surface area contributed by atoms with E-state index in [1.807, 2.05) is 0 Å². The number of hydrogen-bond donors (Lipinski definition) is 3. The Hall–Kier alpha value is -3.35. The molecule has 8 nitrogen and oxygen atoms in total. The molecular formula is C28H28ClF2N3O5S. The minimum Gasteiger partial charge on any atom is -0.338 e. The summed E-state index contributed by atoms with van der Waals surface area (Å²) in [5.41, 5.74) is -0.556. The zero-order chi connectivity index (χ0) is 29.8. The number of aromatic nitrogens is 2. The molecule has 2 atom stereocenters. The van der Waals surface area contributed by atoms with Gasteiger partial charge in [0.1, 0.15) is 22.2 Å². The molecule has 12 heteroatoms. The Morgan fingerprint density at radius 3 is 2.55 bits per heavy atom. The van der Waals surface area contributed by atoms with Gasteiger partial charge in [0.15, 0.2) is 5.83 Å². The Morgan fingerprint density at radius 2 is 1.93 bits per heavy atom. The van der Waals surface area contributed by atoms with Crippen molar-refractivity contribution in [3.8, 4) is 0 Å². The maximum absolute atomic E-state index is 15.6.